The maximum Gasteiger partial charge on any atom is 0.259 e. The van der Waals surface area contributed by atoms with Gasteiger partial charge in [-0.1, -0.05) is 18.9 Å². The fourth-order valence-electron chi connectivity index (χ4n) is 2.32. The molecule has 3 aromatic rings. The van der Waals surface area contributed by atoms with E-state index in [-0.39, 0.29) is 22.6 Å². The van der Waals surface area contributed by atoms with Crippen molar-refractivity contribution >= 4 is 46.0 Å². The summed E-state index contributed by atoms with van der Waals surface area (Å²) in [5.74, 6) is -1.65. The molecule has 140 valence electrons. The molecule has 0 aliphatic carbocycles. The van der Waals surface area contributed by atoms with E-state index >= 15 is 0 Å². The summed E-state index contributed by atoms with van der Waals surface area (Å²) in [5, 5.41) is 2.63. The number of nitrogens with one attached hydrogen (secondary N) is 2. The molecule has 7 nitrogen and oxygen atoms in total. The maximum absolute atomic E-state index is 14.6. The van der Waals surface area contributed by atoms with Gasteiger partial charge in [-0.2, -0.15) is 0 Å². The standard InChI is InChI=1S/C17H16F2N6OS/c1-2-5-27-25-12-4-3-11(18)15(13(12)19)24-17(26)10-7-21-6-9-14(10)22-8-23-16(9)20/h3-4,6-8,25H,2,5H2,1H3,(H,24,26)(H2,20,22,23). The number of benzene rings is 1. The molecule has 0 unspecified atom stereocenters. The normalized spacial score (nSPS) is 10.8. The first-order valence-electron chi connectivity index (χ1n) is 8.04. The quantitative estimate of drug-likeness (QED) is 0.436. The van der Waals surface area contributed by atoms with Gasteiger partial charge in [0.1, 0.15) is 23.6 Å². The Morgan fingerprint density at radius 3 is 2.85 bits per heavy atom. The van der Waals surface area contributed by atoms with Gasteiger partial charge in [0.15, 0.2) is 5.82 Å². The summed E-state index contributed by atoms with van der Waals surface area (Å²) in [4.78, 5) is 24.4. The molecule has 2 heterocycles. The van der Waals surface area contributed by atoms with Crippen LogP contribution in [-0.4, -0.2) is 26.6 Å². The number of hydrogen-bond acceptors (Lipinski definition) is 7. The molecule has 27 heavy (non-hydrogen) atoms. The summed E-state index contributed by atoms with van der Waals surface area (Å²) in [6.07, 6.45) is 4.76. The number of hydrogen-bond donors (Lipinski definition) is 3. The molecule has 0 spiro atoms. The maximum atomic E-state index is 14.6. The van der Waals surface area contributed by atoms with E-state index in [9.17, 15) is 13.6 Å². The van der Waals surface area contributed by atoms with Crippen LogP contribution < -0.4 is 15.8 Å². The number of nitrogen functional groups attached to an aromatic ring is 1. The highest BCUT2D eigenvalue weighted by molar-refractivity contribution is 8.00. The minimum absolute atomic E-state index is 0.0270. The number of carbonyl (C=O) groups excluding carboxylic acids is 1. The number of halogens is 2. The average Bonchev–Trinajstić information content (AvgIpc) is 2.67. The first-order chi connectivity index (χ1) is 13.0. The fraction of sp³-hybridized carbons (Fsp3) is 0.176. The van der Waals surface area contributed by atoms with Crippen LogP contribution in [0.15, 0.2) is 30.9 Å². The Morgan fingerprint density at radius 2 is 2.07 bits per heavy atom. The second-order valence-electron chi connectivity index (χ2n) is 5.53. The van der Waals surface area contributed by atoms with Crippen LogP contribution in [0, 0.1) is 11.6 Å². The molecule has 0 aliphatic rings. The lowest BCUT2D eigenvalue weighted by Gasteiger charge is -2.12. The van der Waals surface area contributed by atoms with E-state index in [1.807, 2.05) is 6.92 Å². The van der Waals surface area contributed by atoms with Gasteiger partial charge in [0.25, 0.3) is 5.91 Å². The summed E-state index contributed by atoms with van der Waals surface area (Å²) >= 11 is 1.29. The van der Waals surface area contributed by atoms with Crippen LogP contribution in [0.3, 0.4) is 0 Å². The van der Waals surface area contributed by atoms with E-state index in [0.717, 1.165) is 18.2 Å². The highest BCUT2D eigenvalue weighted by atomic mass is 32.2. The Hall–Kier alpha value is -3.01. The van der Waals surface area contributed by atoms with Crippen molar-refractivity contribution in [1.82, 2.24) is 15.0 Å². The highest BCUT2D eigenvalue weighted by Gasteiger charge is 2.19. The van der Waals surface area contributed by atoms with Crippen LogP contribution in [0.2, 0.25) is 0 Å². The molecule has 1 aromatic carbocycles. The zero-order chi connectivity index (χ0) is 19.4. The van der Waals surface area contributed by atoms with Gasteiger partial charge in [0, 0.05) is 18.1 Å². The van der Waals surface area contributed by atoms with Gasteiger partial charge in [-0.25, -0.2) is 18.7 Å². The van der Waals surface area contributed by atoms with Crippen LogP contribution in [0.5, 0.6) is 0 Å². The monoisotopic (exact) mass is 390 g/mol. The van der Waals surface area contributed by atoms with Gasteiger partial charge in [-0.15, -0.1) is 0 Å². The highest BCUT2D eigenvalue weighted by Crippen LogP contribution is 2.28. The Labute approximate surface area is 157 Å². The molecule has 0 radical (unpaired) electrons. The summed E-state index contributed by atoms with van der Waals surface area (Å²) in [6.45, 7) is 1.98. The fourth-order valence-corrected chi connectivity index (χ4v) is 2.94. The second kappa shape index (κ2) is 8.12. The van der Waals surface area contributed by atoms with Crippen molar-refractivity contribution in [2.45, 2.75) is 13.3 Å². The minimum atomic E-state index is -0.894. The molecule has 0 saturated heterocycles. The Balaban J connectivity index is 1.93. The largest absolute Gasteiger partial charge is 0.383 e. The van der Waals surface area contributed by atoms with E-state index in [2.05, 4.69) is 25.0 Å². The van der Waals surface area contributed by atoms with Gasteiger partial charge < -0.3 is 15.8 Å². The summed E-state index contributed by atoms with van der Waals surface area (Å²) in [6, 6.07) is 2.35. The van der Waals surface area contributed by atoms with Gasteiger partial charge in [-0.3, -0.25) is 9.78 Å². The third-order valence-electron chi connectivity index (χ3n) is 3.64. The number of aromatic nitrogens is 3. The summed E-state index contributed by atoms with van der Waals surface area (Å²) in [7, 11) is 0. The van der Waals surface area contributed by atoms with Crippen molar-refractivity contribution < 1.29 is 13.6 Å². The average molecular weight is 390 g/mol. The van der Waals surface area contributed by atoms with Gasteiger partial charge in [0.05, 0.1) is 22.2 Å². The van der Waals surface area contributed by atoms with Gasteiger partial charge in [0.2, 0.25) is 0 Å². The van der Waals surface area contributed by atoms with Crippen molar-refractivity contribution in [3.05, 3.63) is 48.1 Å². The molecule has 0 aliphatic heterocycles. The zero-order valence-electron chi connectivity index (χ0n) is 14.3. The minimum Gasteiger partial charge on any atom is -0.383 e. The molecule has 4 N–H and O–H groups in total. The number of nitrogens with zero attached hydrogens (tertiary/aromatic N) is 3. The number of fused-ring (bicyclic) bond motifs is 1. The molecular formula is C17H16F2N6OS. The van der Waals surface area contributed by atoms with Crippen molar-refractivity contribution in [3.8, 4) is 0 Å². The number of nitrogens with two attached hydrogens (primary N) is 1. The van der Waals surface area contributed by atoms with Crippen molar-refractivity contribution in [2.75, 3.05) is 21.5 Å². The molecule has 3 rings (SSSR count). The van der Waals surface area contributed by atoms with Crippen molar-refractivity contribution in [1.29, 1.82) is 0 Å². The van der Waals surface area contributed by atoms with Crippen LogP contribution in [0.4, 0.5) is 26.0 Å². The molecule has 0 atom stereocenters. The predicted octanol–water partition coefficient (Wildman–Crippen LogP) is 3.61. The van der Waals surface area contributed by atoms with E-state index in [0.29, 0.717) is 5.39 Å². The first-order valence-corrected chi connectivity index (χ1v) is 9.02. The van der Waals surface area contributed by atoms with Crippen LogP contribution in [-0.2, 0) is 0 Å². The molecule has 1 amide bonds. The van der Waals surface area contributed by atoms with E-state index in [1.54, 1.807) is 0 Å². The molecule has 0 bridgehead atoms. The Morgan fingerprint density at radius 1 is 1.26 bits per heavy atom. The Bertz CT molecular complexity index is 1000. The first kappa shape index (κ1) is 18.8. The lowest BCUT2D eigenvalue weighted by Crippen LogP contribution is -2.16. The molecular weight excluding hydrogens is 374 g/mol. The molecule has 10 heteroatoms. The zero-order valence-corrected chi connectivity index (χ0v) is 15.1. The summed E-state index contributed by atoms with van der Waals surface area (Å²) in [5.41, 5.74) is 5.54. The van der Waals surface area contributed by atoms with Crippen LogP contribution in [0.25, 0.3) is 10.9 Å². The smallest absolute Gasteiger partial charge is 0.259 e. The van der Waals surface area contributed by atoms with E-state index in [4.69, 9.17) is 5.73 Å². The van der Waals surface area contributed by atoms with Crippen molar-refractivity contribution in [2.24, 2.45) is 0 Å². The topological polar surface area (TPSA) is 106 Å². The van der Waals surface area contributed by atoms with Gasteiger partial charge in [-0.05, 0) is 18.6 Å². The Kier molecular flexibility index (Phi) is 5.65. The van der Waals surface area contributed by atoms with Crippen molar-refractivity contribution in [3.63, 3.8) is 0 Å². The van der Waals surface area contributed by atoms with Crippen LogP contribution in [0.1, 0.15) is 23.7 Å². The number of rotatable bonds is 6. The molecule has 2 aromatic heterocycles. The van der Waals surface area contributed by atoms with E-state index in [1.165, 1.54) is 36.7 Å². The lowest BCUT2D eigenvalue weighted by molar-refractivity contribution is 0.102. The number of anilines is 3. The summed E-state index contributed by atoms with van der Waals surface area (Å²) < 4.78 is 31.6. The van der Waals surface area contributed by atoms with Crippen LogP contribution >= 0.6 is 11.9 Å². The molecule has 0 fully saturated rings. The lowest BCUT2D eigenvalue weighted by atomic mass is 10.1. The third kappa shape index (κ3) is 3.90. The number of amides is 1. The molecule has 0 saturated carbocycles. The second-order valence-corrected chi connectivity index (χ2v) is 6.43. The predicted molar refractivity (Wildman–Crippen MR) is 102 cm³/mol. The third-order valence-corrected chi connectivity index (χ3v) is 4.62. The van der Waals surface area contributed by atoms with Gasteiger partial charge >= 0.3 is 0 Å². The SMILES string of the molecule is CCCSNc1ccc(F)c(NC(=O)c2cncc3c(N)ncnc23)c1F. The van der Waals surface area contributed by atoms with E-state index < -0.39 is 23.2 Å². The number of carbonyl (C=O) groups is 1. The number of pyridine rings is 1.